The minimum absolute atomic E-state index is 0.149. The molecule has 28 heavy (non-hydrogen) atoms. The van der Waals surface area contributed by atoms with Crippen molar-refractivity contribution >= 4 is 29.3 Å². The van der Waals surface area contributed by atoms with Crippen molar-refractivity contribution in [2.24, 2.45) is 0 Å². The molecule has 0 spiro atoms. The molecule has 1 saturated heterocycles. The maximum atomic E-state index is 12.7. The van der Waals surface area contributed by atoms with E-state index < -0.39 is 6.04 Å². The van der Waals surface area contributed by atoms with E-state index >= 15 is 0 Å². The van der Waals surface area contributed by atoms with Crippen LogP contribution in [0.15, 0.2) is 47.4 Å². The molecule has 0 saturated carbocycles. The summed E-state index contributed by atoms with van der Waals surface area (Å²) < 4.78 is 10.5. The fourth-order valence-corrected chi connectivity index (χ4v) is 3.60. The first kappa shape index (κ1) is 20.1. The number of carbonyl (C=O) groups is 2. The van der Waals surface area contributed by atoms with Gasteiger partial charge in [0.25, 0.3) is 5.91 Å². The van der Waals surface area contributed by atoms with Crippen LogP contribution in [0.2, 0.25) is 0 Å². The number of ether oxygens (including phenoxy) is 2. The van der Waals surface area contributed by atoms with Crippen LogP contribution in [0, 0.1) is 0 Å². The highest BCUT2D eigenvalue weighted by molar-refractivity contribution is 7.98. The van der Waals surface area contributed by atoms with Gasteiger partial charge in [-0.1, -0.05) is 6.07 Å². The van der Waals surface area contributed by atoms with Crippen LogP contribution in [-0.4, -0.2) is 49.8 Å². The number of amides is 2. The third kappa shape index (κ3) is 4.42. The number of thioether (sulfide) groups is 1. The number of anilines is 1. The number of nitrogens with one attached hydrogen (secondary N) is 1. The molecule has 1 fully saturated rings. The van der Waals surface area contributed by atoms with Crippen LogP contribution in [0.1, 0.15) is 12.0 Å². The zero-order valence-electron chi connectivity index (χ0n) is 16.2. The van der Waals surface area contributed by atoms with E-state index in [1.54, 1.807) is 26.0 Å². The van der Waals surface area contributed by atoms with E-state index in [9.17, 15) is 9.59 Å². The van der Waals surface area contributed by atoms with Gasteiger partial charge < -0.3 is 14.8 Å². The van der Waals surface area contributed by atoms with Crippen molar-refractivity contribution in [3.05, 3.63) is 48.0 Å². The highest BCUT2D eigenvalue weighted by Gasteiger charge is 2.38. The van der Waals surface area contributed by atoms with Gasteiger partial charge >= 0.3 is 0 Å². The number of nitrogens with zero attached hydrogens (tertiary/aromatic N) is 1. The molecule has 0 unspecified atom stereocenters. The number of hydrogen-bond acceptors (Lipinski definition) is 6. The Hall–Kier alpha value is -2.67. The number of likely N-dealkylation sites (tertiary alicyclic amines) is 1. The molecule has 3 rings (SSSR count). The molecule has 1 heterocycles. The first-order valence-corrected chi connectivity index (χ1v) is 10.2. The first-order chi connectivity index (χ1) is 13.5. The zero-order valence-corrected chi connectivity index (χ0v) is 17.0. The molecule has 1 aliphatic heterocycles. The molecule has 1 atom stereocenters. The Bertz CT molecular complexity index is 854. The van der Waals surface area contributed by atoms with Crippen molar-refractivity contribution < 1.29 is 19.1 Å². The normalized spacial score (nSPS) is 16.4. The van der Waals surface area contributed by atoms with Gasteiger partial charge in [-0.3, -0.25) is 14.5 Å². The summed E-state index contributed by atoms with van der Waals surface area (Å²) >= 11 is 1.66. The molecule has 6 nitrogen and oxygen atoms in total. The third-order valence-corrected chi connectivity index (χ3v) is 5.49. The summed E-state index contributed by atoms with van der Waals surface area (Å²) in [5.41, 5.74) is 1.81. The molecular weight excluding hydrogens is 376 g/mol. The molecule has 1 aliphatic rings. The second-order valence-electron chi connectivity index (χ2n) is 6.45. The Morgan fingerprint density at radius 2 is 1.79 bits per heavy atom. The molecule has 2 aromatic carbocycles. The van der Waals surface area contributed by atoms with E-state index in [-0.39, 0.29) is 18.2 Å². The number of benzene rings is 2. The Balaban J connectivity index is 1.62. The van der Waals surface area contributed by atoms with Gasteiger partial charge in [-0.15, -0.1) is 11.8 Å². The standard InChI is InChI=1S/C21H24N2O4S/c1-26-18-9-4-14(12-19(18)27-2)10-11-23-20(24)13-17(21(23)25)22-15-5-7-16(28-3)8-6-15/h4-9,12,17,22H,10-11,13H2,1-3H3/t17-/m1/s1. The summed E-state index contributed by atoms with van der Waals surface area (Å²) in [7, 11) is 3.16. The van der Waals surface area contributed by atoms with Gasteiger partial charge in [-0.25, -0.2) is 0 Å². The molecule has 0 aliphatic carbocycles. The minimum Gasteiger partial charge on any atom is -0.493 e. The fraction of sp³-hybridized carbons (Fsp3) is 0.333. The lowest BCUT2D eigenvalue weighted by Gasteiger charge is -2.17. The van der Waals surface area contributed by atoms with Crippen LogP contribution in [-0.2, 0) is 16.0 Å². The van der Waals surface area contributed by atoms with E-state index in [0.717, 1.165) is 16.1 Å². The molecule has 148 valence electrons. The van der Waals surface area contributed by atoms with Gasteiger partial charge in [0, 0.05) is 17.1 Å². The lowest BCUT2D eigenvalue weighted by Crippen LogP contribution is -2.36. The summed E-state index contributed by atoms with van der Waals surface area (Å²) in [6.07, 6.45) is 2.75. The van der Waals surface area contributed by atoms with Gasteiger partial charge in [-0.2, -0.15) is 0 Å². The summed E-state index contributed by atoms with van der Waals surface area (Å²) in [4.78, 5) is 27.5. The van der Waals surface area contributed by atoms with Crippen LogP contribution in [0.4, 0.5) is 5.69 Å². The SMILES string of the molecule is COc1ccc(CCN2C(=O)C[C@@H](Nc3ccc(SC)cc3)C2=O)cc1OC. The van der Waals surface area contributed by atoms with Crippen LogP contribution < -0.4 is 14.8 Å². The molecule has 2 aromatic rings. The van der Waals surface area contributed by atoms with E-state index in [0.29, 0.717) is 24.5 Å². The van der Waals surface area contributed by atoms with Crippen LogP contribution >= 0.6 is 11.8 Å². The molecular formula is C21H24N2O4S. The summed E-state index contributed by atoms with van der Waals surface area (Å²) in [5, 5.41) is 3.18. The van der Waals surface area contributed by atoms with Crippen LogP contribution in [0.5, 0.6) is 11.5 Å². The lowest BCUT2D eigenvalue weighted by molar-refractivity contribution is -0.138. The quantitative estimate of drug-likeness (QED) is 0.542. The topological polar surface area (TPSA) is 67.9 Å². The summed E-state index contributed by atoms with van der Waals surface area (Å²) in [6, 6.07) is 12.9. The molecule has 0 aromatic heterocycles. The predicted molar refractivity (Wildman–Crippen MR) is 110 cm³/mol. The Morgan fingerprint density at radius 1 is 1.07 bits per heavy atom. The van der Waals surface area contributed by atoms with Crippen LogP contribution in [0.3, 0.4) is 0 Å². The summed E-state index contributed by atoms with van der Waals surface area (Å²) in [6.45, 7) is 0.344. The Morgan fingerprint density at radius 3 is 2.43 bits per heavy atom. The molecule has 7 heteroatoms. The zero-order chi connectivity index (χ0) is 20.1. The minimum atomic E-state index is -0.516. The lowest BCUT2D eigenvalue weighted by atomic mass is 10.1. The van der Waals surface area contributed by atoms with Gasteiger partial charge in [0.1, 0.15) is 6.04 Å². The maximum absolute atomic E-state index is 12.7. The molecule has 2 amide bonds. The van der Waals surface area contributed by atoms with Gasteiger partial charge in [0.15, 0.2) is 11.5 Å². The van der Waals surface area contributed by atoms with E-state index in [2.05, 4.69) is 5.32 Å². The van der Waals surface area contributed by atoms with Crippen molar-refractivity contribution in [2.75, 3.05) is 32.3 Å². The van der Waals surface area contributed by atoms with Crippen molar-refractivity contribution in [2.45, 2.75) is 23.8 Å². The second-order valence-corrected chi connectivity index (χ2v) is 7.33. The third-order valence-electron chi connectivity index (χ3n) is 4.75. The van der Waals surface area contributed by atoms with Crippen molar-refractivity contribution in [1.29, 1.82) is 0 Å². The van der Waals surface area contributed by atoms with Crippen LogP contribution in [0.25, 0.3) is 0 Å². The number of rotatable bonds is 8. The van der Waals surface area contributed by atoms with Crippen molar-refractivity contribution in [1.82, 2.24) is 4.90 Å². The Kier molecular flexibility index (Phi) is 6.46. The monoisotopic (exact) mass is 400 g/mol. The number of imide groups is 1. The molecule has 0 bridgehead atoms. The number of carbonyl (C=O) groups excluding carboxylic acids is 2. The van der Waals surface area contributed by atoms with Gasteiger partial charge in [0.2, 0.25) is 5.91 Å². The van der Waals surface area contributed by atoms with E-state index in [1.165, 1.54) is 4.90 Å². The Labute approximate surface area is 169 Å². The predicted octanol–water partition coefficient (Wildman–Crippen LogP) is 3.21. The largest absolute Gasteiger partial charge is 0.493 e. The van der Waals surface area contributed by atoms with Gasteiger partial charge in [-0.05, 0) is 54.6 Å². The van der Waals surface area contributed by atoms with E-state index in [1.807, 2.05) is 48.7 Å². The highest BCUT2D eigenvalue weighted by Crippen LogP contribution is 2.28. The smallest absolute Gasteiger partial charge is 0.252 e. The second kappa shape index (κ2) is 9.01. The number of hydrogen-bond donors (Lipinski definition) is 1. The highest BCUT2D eigenvalue weighted by atomic mass is 32.2. The van der Waals surface area contributed by atoms with Crippen molar-refractivity contribution in [3.8, 4) is 11.5 Å². The summed E-state index contributed by atoms with van der Waals surface area (Å²) in [5.74, 6) is 0.951. The van der Waals surface area contributed by atoms with Crippen molar-refractivity contribution in [3.63, 3.8) is 0 Å². The fourth-order valence-electron chi connectivity index (χ4n) is 3.20. The average molecular weight is 401 g/mol. The molecule has 0 radical (unpaired) electrons. The first-order valence-electron chi connectivity index (χ1n) is 9.01. The number of methoxy groups -OCH3 is 2. The average Bonchev–Trinajstić information content (AvgIpc) is 2.99. The maximum Gasteiger partial charge on any atom is 0.252 e. The van der Waals surface area contributed by atoms with Gasteiger partial charge in [0.05, 0.1) is 20.6 Å². The molecule has 1 N–H and O–H groups in total. The van der Waals surface area contributed by atoms with E-state index in [4.69, 9.17) is 9.47 Å².